The number of hydrogen-bond acceptors (Lipinski definition) is 2. The van der Waals surface area contributed by atoms with Gasteiger partial charge < -0.3 is 10.1 Å². The van der Waals surface area contributed by atoms with Gasteiger partial charge in [-0.05, 0) is 55.2 Å². The highest BCUT2D eigenvalue weighted by Gasteiger charge is 2.35. The van der Waals surface area contributed by atoms with Crippen LogP contribution in [0.1, 0.15) is 63.5 Å². The van der Waals surface area contributed by atoms with Gasteiger partial charge in [-0.15, -0.1) is 0 Å². The molecule has 2 saturated carbocycles. The van der Waals surface area contributed by atoms with Crippen LogP contribution in [0.2, 0.25) is 0 Å². The van der Waals surface area contributed by atoms with E-state index in [0.717, 1.165) is 23.6 Å². The maximum atomic E-state index is 5.29. The first-order valence-corrected chi connectivity index (χ1v) is 8.71. The van der Waals surface area contributed by atoms with Crippen molar-refractivity contribution in [3.63, 3.8) is 0 Å². The van der Waals surface area contributed by atoms with Crippen LogP contribution in [0.25, 0.3) is 0 Å². The zero-order valence-corrected chi connectivity index (χ0v) is 13.5. The van der Waals surface area contributed by atoms with Gasteiger partial charge in [0.2, 0.25) is 0 Å². The van der Waals surface area contributed by atoms with Gasteiger partial charge in [-0.1, -0.05) is 38.3 Å². The van der Waals surface area contributed by atoms with E-state index in [0.29, 0.717) is 6.04 Å². The van der Waals surface area contributed by atoms with Crippen molar-refractivity contribution < 1.29 is 4.74 Å². The largest absolute Gasteiger partial charge is 0.497 e. The van der Waals surface area contributed by atoms with Crippen LogP contribution in [0.3, 0.4) is 0 Å². The molecule has 2 heteroatoms. The predicted molar refractivity (Wildman–Crippen MR) is 87.6 cm³/mol. The van der Waals surface area contributed by atoms with Crippen LogP contribution in [0.15, 0.2) is 24.3 Å². The van der Waals surface area contributed by atoms with Gasteiger partial charge in [0.25, 0.3) is 0 Å². The molecule has 2 aliphatic rings. The fourth-order valence-electron chi connectivity index (χ4n) is 3.89. The fraction of sp³-hybridized carbons (Fsp3) is 0.684. The standard InChI is InChI=1S/C19H29NO/c1-3-14-6-4-5-7-18(14)20-19(15-8-9-15)16-10-12-17(21-2)13-11-16/h10-15,18-20H,3-9H2,1-2H3. The van der Waals surface area contributed by atoms with Gasteiger partial charge in [-0.2, -0.15) is 0 Å². The Morgan fingerprint density at radius 1 is 1.10 bits per heavy atom. The van der Waals surface area contributed by atoms with E-state index in [1.807, 2.05) is 0 Å². The number of ether oxygens (including phenoxy) is 1. The maximum Gasteiger partial charge on any atom is 0.118 e. The summed E-state index contributed by atoms with van der Waals surface area (Å²) in [4.78, 5) is 0. The lowest BCUT2D eigenvalue weighted by atomic mass is 9.82. The van der Waals surface area contributed by atoms with Gasteiger partial charge in [0, 0.05) is 12.1 Å². The summed E-state index contributed by atoms with van der Waals surface area (Å²) in [5, 5.41) is 4.03. The van der Waals surface area contributed by atoms with Crippen LogP contribution < -0.4 is 10.1 Å². The van der Waals surface area contributed by atoms with Crippen molar-refractivity contribution in [2.24, 2.45) is 11.8 Å². The highest BCUT2D eigenvalue weighted by Crippen LogP contribution is 2.42. The first kappa shape index (κ1) is 14.9. The summed E-state index contributed by atoms with van der Waals surface area (Å²) in [6.07, 6.45) is 9.67. The van der Waals surface area contributed by atoms with Crippen molar-refractivity contribution >= 4 is 0 Å². The molecule has 1 aromatic carbocycles. The normalized spacial score (nSPS) is 27.3. The molecule has 3 rings (SSSR count). The van der Waals surface area contributed by atoms with Crippen molar-refractivity contribution in [2.75, 3.05) is 7.11 Å². The summed E-state index contributed by atoms with van der Waals surface area (Å²) in [6, 6.07) is 9.97. The van der Waals surface area contributed by atoms with Crippen LogP contribution in [0, 0.1) is 11.8 Å². The SMILES string of the molecule is CCC1CCCCC1NC(c1ccc(OC)cc1)C1CC1. The Labute approximate surface area is 129 Å². The molecule has 3 atom stereocenters. The van der Waals surface area contributed by atoms with Crippen LogP contribution in [0.4, 0.5) is 0 Å². The molecule has 116 valence electrons. The first-order chi connectivity index (χ1) is 10.3. The Morgan fingerprint density at radius 2 is 1.81 bits per heavy atom. The quantitative estimate of drug-likeness (QED) is 0.818. The third-order valence-electron chi connectivity index (χ3n) is 5.40. The molecule has 21 heavy (non-hydrogen) atoms. The molecule has 2 fully saturated rings. The third-order valence-corrected chi connectivity index (χ3v) is 5.40. The van der Waals surface area contributed by atoms with E-state index < -0.39 is 0 Å². The van der Waals surface area contributed by atoms with Crippen molar-refractivity contribution in [3.8, 4) is 5.75 Å². The highest BCUT2D eigenvalue weighted by atomic mass is 16.5. The second-order valence-electron chi connectivity index (χ2n) is 6.81. The Kier molecular flexibility index (Phi) is 4.84. The molecule has 0 heterocycles. The van der Waals surface area contributed by atoms with Crippen molar-refractivity contribution in [3.05, 3.63) is 29.8 Å². The fourth-order valence-corrected chi connectivity index (χ4v) is 3.89. The average molecular weight is 287 g/mol. The number of methoxy groups -OCH3 is 1. The minimum atomic E-state index is 0.549. The molecule has 1 N–H and O–H groups in total. The van der Waals surface area contributed by atoms with Gasteiger partial charge in [0.15, 0.2) is 0 Å². The second-order valence-corrected chi connectivity index (χ2v) is 6.81. The predicted octanol–water partition coefficient (Wildman–Crippen LogP) is 4.70. The topological polar surface area (TPSA) is 21.3 Å². The molecule has 0 spiro atoms. The van der Waals surface area contributed by atoms with Gasteiger partial charge in [0.05, 0.1) is 7.11 Å². The van der Waals surface area contributed by atoms with E-state index in [4.69, 9.17) is 4.74 Å². The minimum Gasteiger partial charge on any atom is -0.497 e. The number of nitrogens with one attached hydrogen (secondary N) is 1. The monoisotopic (exact) mass is 287 g/mol. The molecule has 0 radical (unpaired) electrons. The van der Waals surface area contributed by atoms with Gasteiger partial charge in [-0.3, -0.25) is 0 Å². The summed E-state index contributed by atoms with van der Waals surface area (Å²) >= 11 is 0. The van der Waals surface area contributed by atoms with Gasteiger partial charge >= 0.3 is 0 Å². The Bertz CT molecular complexity index is 437. The van der Waals surface area contributed by atoms with Crippen LogP contribution in [-0.4, -0.2) is 13.2 Å². The molecule has 0 saturated heterocycles. The highest BCUT2D eigenvalue weighted by molar-refractivity contribution is 5.30. The summed E-state index contributed by atoms with van der Waals surface area (Å²) in [7, 11) is 1.74. The minimum absolute atomic E-state index is 0.549. The van der Waals surface area contributed by atoms with Crippen LogP contribution in [0.5, 0.6) is 5.75 Å². The molecular weight excluding hydrogens is 258 g/mol. The Hall–Kier alpha value is -1.02. The molecular formula is C19H29NO. The zero-order valence-electron chi connectivity index (χ0n) is 13.5. The Balaban J connectivity index is 1.71. The molecule has 0 aromatic heterocycles. The summed E-state index contributed by atoms with van der Waals surface area (Å²) < 4.78 is 5.29. The van der Waals surface area contributed by atoms with Crippen LogP contribution in [-0.2, 0) is 0 Å². The average Bonchev–Trinajstić information content (AvgIpc) is 3.38. The van der Waals surface area contributed by atoms with E-state index >= 15 is 0 Å². The number of benzene rings is 1. The third kappa shape index (κ3) is 3.60. The molecule has 0 aliphatic heterocycles. The molecule has 1 aromatic rings. The maximum absolute atomic E-state index is 5.29. The Morgan fingerprint density at radius 3 is 2.43 bits per heavy atom. The smallest absolute Gasteiger partial charge is 0.118 e. The molecule has 2 aliphatic carbocycles. The zero-order chi connectivity index (χ0) is 14.7. The van der Waals surface area contributed by atoms with E-state index in [2.05, 4.69) is 36.5 Å². The van der Waals surface area contributed by atoms with Gasteiger partial charge in [-0.25, -0.2) is 0 Å². The van der Waals surface area contributed by atoms with E-state index in [-0.39, 0.29) is 0 Å². The molecule has 3 unspecified atom stereocenters. The molecule has 2 nitrogen and oxygen atoms in total. The number of rotatable bonds is 6. The summed E-state index contributed by atoms with van der Waals surface area (Å²) in [6.45, 7) is 2.35. The summed E-state index contributed by atoms with van der Waals surface area (Å²) in [5.41, 5.74) is 1.44. The van der Waals surface area contributed by atoms with Gasteiger partial charge in [0.1, 0.15) is 5.75 Å². The van der Waals surface area contributed by atoms with Crippen molar-refractivity contribution in [1.82, 2.24) is 5.32 Å². The van der Waals surface area contributed by atoms with E-state index in [1.54, 1.807) is 7.11 Å². The summed E-state index contributed by atoms with van der Waals surface area (Å²) in [5.74, 6) is 2.67. The van der Waals surface area contributed by atoms with Crippen LogP contribution >= 0.6 is 0 Å². The lowest BCUT2D eigenvalue weighted by molar-refractivity contribution is 0.229. The number of hydrogen-bond donors (Lipinski definition) is 1. The van der Waals surface area contributed by atoms with E-state index in [9.17, 15) is 0 Å². The van der Waals surface area contributed by atoms with Crippen molar-refractivity contribution in [2.45, 2.75) is 64.0 Å². The lowest BCUT2D eigenvalue weighted by Gasteiger charge is -2.35. The van der Waals surface area contributed by atoms with E-state index in [1.165, 1.54) is 50.5 Å². The second kappa shape index (κ2) is 6.83. The molecule has 0 bridgehead atoms. The lowest BCUT2D eigenvalue weighted by Crippen LogP contribution is -2.41. The van der Waals surface area contributed by atoms with Crippen molar-refractivity contribution in [1.29, 1.82) is 0 Å². The molecule has 0 amide bonds. The first-order valence-electron chi connectivity index (χ1n) is 8.71.